The summed E-state index contributed by atoms with van der Waals surface area (Å²) in [5.41, 5.74) is 4.38. The van der Waals surface area contributed by atoms with Crippen molar-refractivity contribution < 1.29 is 9.13 Å². The Labute approximate surface area is 209 Å². The minimum Gasteiger partial charge on any atom is -0.379 e. The highest BCUT2D eigenvalue weighted by molar-refractivity contribution is 5.69. The van der Waals surface area contributed by atoms with E-state index < -0.39 is 0 Å². The quantitative estimate of drug-likeness (QED) is 0.174. The van der Waals surface area contributed by atoms with Crippen molar-refractivity contribution in [2.75, 3.05) is 6.61 Å². The second-order valence-electron chi connectivity index (χ2n) is 8.94. The molecule has 2 aromatic carbocycles. The molecule has 0 radical (unpaired) electrons. The van der Waals surface area contributed by atoms with Crippen LogP contribution in [0, 0.1) is 5.82 Å². The van der Waals surface area contributed by atoms with Crippen molar-refractivity contribution in [1.82, 2.24) is 9.97 Å². The molecule has 0 saturated heterocycles. The number of hydrogen-bond acceptors (Lipinski definition) is 3. The molecule has 0 saturated carbocycles. The molecule has 3 rings (SSSR count). The minimum absolute atomic E-state index is 0.211. The van der Waals surface area contributed by atoms with Gasteiger partial charge < -0.3 is 4.74 Å². The largest absolute Gasteiger partial charge is 0.379 e. The lowest BCUT2D eigenvalue weighted by Gasteiger charge is -2.12. The van der Waals surface area contributed by atoms with Crippen LogP contribution in [0.25, 0.3) is 28.6 Å². The summed E-state index contributed by atoms with van der Waals surface area (Å²) >= 11 is 0. The second kappa shape index (κ2) is 14.3. The molecular formula is C31H37FN2O. The third-order valence-corrected chi connectivity index (χ3v) is 5.99. The molecule has 0 aliphatic heterocycles. The van der Waals surface area contributed by atoms with E-state index in [0.29, 0.717) is 11.4 Å². The van der Waals surface area contributed by atoms with Gasteiger partial charge in [-0.25, -0.2) is 14.4 Å². The van der Waals surface area contributed by atoms with Crippen LogP contribution in [-0.4, -0.2) is 22.7 Å². The summed E-state index contributed by atoms with van der Waals surface area (Å²) in [4.78, 5) is 8.87. The van der Waals surface area contributed by atoms with E-state index in [1.54, 1.807) is 6.07 Å². The zero-order valence-electron chi connectivity index (χ0n) is 21.1. The molecule has 0 bridgehead atoms. The highest BCUT2D eigenvalue weighted by Gasteiger charge is 2.06. The summed E-state index contributed by atoms with van der Waals surface area (Å²) in [7, 11) is 0. The summed E-state index contributed by atoms with van der Waals surface area (Å²) in [5, 5.41) is 0. The Hall–Kier alpha value is -3.11. The van der Waals surface area contributed by atoms with Crippen LogP contribution in [0.2, 0.25) is 0 Å². The van der Waals surface area contributed by atoms with Gasteiger partial charge in [0.1, 0.15) is 5.82 Å². The predicted molar refractivity (Wildman–Crippen MR) is 145 cm³/mol. The average Bonchev–Trinajstić information content (AvgIpc) is 2.88. The first-order chi connectivity index (χ1) is 17.1. The zero-order chi connectivity index (χ0) is 24.9. The van der Waals surface area contributed by atoms with Crippen LogP contribution in [0.15, 0.2) is 73.6 Å². The Kier molecular flexibility index (Phi) is 10.8. The number of ether oxygens (including phenoxy) is 1. The summed E-state index contributed by atoms with van der Waals surface area (Å²) in [6.07, 6.45) is 17.0. The Morgan fingerprint density at radius 3 is 2.37 bits per heavy atom. The molecule has 0 aliphatic rings. The average molecular weight is 473 g/mol. The van der Waals surface area contributed by atoms with Gasteiger partial charge in [0.15, 0.2) is 5.82 Å². The first-order valence-electron chi connectivity index (χ1n) is 12.7. The lowest BCUT2D eigenvalue weighted by Crippen LogP contribution is -2.08. The Morgan fingerprint density at radius 1 is 0.971 bits per heavy atom. The monoisotopic (exact) mass is 472 g/mol. The summed E-state index contributed by atoms with van der Waals surface area (Å²) < 4.78 is 20.6. The van der Waals surface area contributed by atoms with Gasteiger partial charge in [0.05, 0.1) is 6.10 Å². The molecule has 0 spiro atoms. The molecule has 0 N–H and O–H groups in total. The van der Waals surface area contributed by atoms with Gasteiger partial charge >= 0.3 is 0 Å². The van der Waals surface area contributed by atoms with Crippen LogP contribution in [0.3, 0.4) is 0 Å². The van der Waals surface area contributed by atoms with Crippen LogP contribution in [0.5, 0.6) is 0 Å². The van der Waals surface area contributed by atoms with Gasteiger partial charge in [-0.2, -0.15) is 0 Å². The SMILES string of the molecule is C=CCc1cnc(-c2ccc(-c3ccc(C=CCCCC(C)OCCCCC)c(F)c3)cc2)nc1. The van der Waals surface area contributed by atoms with Gasteiger partial charge in [0.2, 0.25) is 0 Å². The molecule has 1 unspecified atom stereocenters. The third kappa shape index (κ3) is 8.56. The maximum absolute atomic E-state index is 14.7. The van der Waals surface area contributed by atoms with Gasteiger partial charge in [-0.05, 0) is 61.8 Å². The molecule has 0 amide bonds. The van der Waals surface area contributed by atoms with Crippen LogP contribution in [-0.2, 0) is 11.2 Å². The fraction of sp³-hybridized carbons (Fsp3) is 0.355. The molecule has 3 nitrogen and oxygen atoms in total. The predicted octanol–water partition coefficient (Wildman–Crippen LogP) is 8.46. The molecule has 35 heavy (non-hydrogen) atoms. The van der Waals surface area contributed by atoms with Crippen molar-refractivity contribution in [3.63, 3.8) is 0 Å². The van der Waals surface area contributed by atoms with Crippen molar-refractivity contribution in [1.29, 1.82) is 0 Å². The van der Waals surface area contributed by atoms with Gasteiger partial charge in [-0.15, -0.1) is 6.58 Å². The standard InChI is InChI=1S/C31H37FN2O/c1-4-6-10-20-35-24(3)12-8-7-9-13-27-16-19-29(21-30(27)32)26-14-17-28(18-15-26)31-33-22-25(11-5-2)23-34-31/h5,9,13-19,21-24H,2,4,6-8,10-12,20H2,1,3H3. The molecule has 184 valence electrons. The van der Waals surface area contributed by atoms with E-state index in [0.717, 1.165) is 61.0 Å². The number of hydrogen-bond donors (Lipinski definition) is 0. The normalized spacial score (nSPS) is 12.2. The Bertz CT molecular complexity index is 1070. The zero-order valence-corrected chi connectivity index (χ0v) is 21.1. The molecule has 3 aromatic rings. The van der Waals surface area contributed by atoms with Crippen LogP contribution >= 0.6 is 0 Å². The Morgan fingerprint density at radius 2 is 1.69 bits per heavy atom. The number of aromatic nitrogens is 2. The number of unbranched alkanes of at least 4 members (excludes halogenated alkanes) is 3. The van der Waals surface area contributed by atoms with Crippen molar-refractivity contribution in [3.8, 4) is 22.5 Å². The summed E-state index contributed by atoms with van der Waals surface area (Å²) in [5.74, 6) is 0.463. The van der Waals surface area contributed by atoms with Crippen molar-refractivity contribution >= 4 is 6.08 Å². The first-order valence-corrected chi connectivity index (χ1v) is 12.7. The van der Waals surface area contributed by atoms with Crippen LogP contribution < -0.4 is 0 Å². The number of nitrogens with zero attached hydrogens (tertiary/aromatic N) is 2. The second-order valence-corrected chi connectivity index (χ2v) is 8.94. The maximum atomic E-state index is 14.7. The first kappa shape index (κ1) is 26.5. The van der Waals surface area contributed by atoms with Crippen molar-refractivity contribution in [2.24, 2.45) is 0 Å². The maximum Gasteiger partial charge on any atom is 0.159 e. The van der Waals surface area contributed by atoms with E-state index in [4.69, 9.17) is 4.74 Å². The highest BCUT2D eigenvalue weighted by Crippen LogP contribution is 2.25. The molecule has 0 aliphatic carbocycles. The smallest absolute Gasteiger partial charge is 0.159 e. The summed E-state index contributed by atoms with van der Waals surface area (Å²) in [6, 6.07) is 13.3. The number of halogens is 1. The third-order valence-electron chi connectivity index (χ3n) is 5.99. The molecule has 0 fully saturated rings. The van der Waals surface area contributed by atoms with E-state index in [9.17, 15) is 4.39 Å². The summed E-state index contributed by atoms with van der Waals surface area (Å²) in [6.45, 7) is 8.92. The fourth-order valence-electron chi connectivity index (χ4n) is 3.88. The van der Waals surface area contributed by atoms with Crippen molar-refractivity contribution in [2.45, 2.75) is 64.9 Å². The van der Waals surface area contributed by atoms with Gasteiger partial charge in [-0.1, -0.05) is 74.4 Å². The van der Waals surface area contributed by atoms with Gasteiger partial charge in [0.25, 0.3) is 0 Å². The molecule has 1 heterocycles. The molecule has 1 atom stereocenters. The van der Waals surface area contributed by atoms with E-state index >= 15 is 0 Å². The fourth-order valence-corrected chi connectivity index (χ4v) is 3.88. The number of benzene rings is 2. The van der Waals surface area contributed by atoms with Crippen LogP contribution in [0.1, 0.15) is 63.5 Å². The Balaban J connectivity index is 1.51. The number of rotatable bonds is 14. The van der Waals surface area contributed by atoms with Gasteiger partial charge in [-0.3, -0.25) is 0 Å². The molecule has 1 aromatic heterocycles. The van der Waals surface area contributed by atoms with E-state index in [1.807, 2.05) is 60.9 Å². The van der Waals surface area contributed by atoms with E-state index in [2.05, 4.69) is 36.5 Å². The van der Waals surface area contributed by atoms with Crippen molar-refractivity contribution in [3.05, 3.63) is 90.5 Å². The van der Waals surface area contributed by atoms with E-state index in [-0.39, 0.29) is 11.9 Å². The minimum atomic E-state index is -0.211. The lowest BCUT2D eigenvalue weighted by molar-refractivity contribution is 0.0566. The lowest BCUT2D eigenvalue weighted by atomic mass is 10.0. The molecular weight excluding hydrogens is 435 g/mol. The van der Waals surface area contributed by atoms with E-state index in [1.165, 1.54) is 12.8 Å². The highest BCUT2D eigenvalue weighted by atomic mass is 19.1. The van der Waals surface area contributed by atoms with Crippen LogP contribution in [0.4, 0.5) is 4.39 Å². The van der Waals surface area contributed by atoms with Gasteiger partial charge in [0, 0.05) is 30.1 Å². The molecule has 4 heteroatoms. The number of allylic oxidation sites excluding steroid dienone is 2. The topological polar surface area (TPSA) is 35.0 Å².